The molecule has 0 atom stereocenters. The first-order valence-corrected chi connectivity index (χ1v) is 25.0. The highest BCUT2D eigenvalue weighted by atomic mass is 32.2. The molecule has 0 bridgehead atoms. The van der Waals surface area contributed by atoms with Crippen molar-refractivity contribution in [2.24, 2.45) is 0 Å². The van der Waals surface area contributed by atoms with Gasteiger partial charge in [0.1, 0.15) is 37.0 Å². The lowest BCUT2D eigenvalue weighted by atomic mass is 10.0. The molecule has 0 saturated heterocycles. The molecule has 17 heteroatoms. The van der Waals surface area contributed by atoms with Gasteiger partial charge in [0.25, 0.3) is 15.9 Å². The van der Waals surface area contributed by atoms with Crippen LogP contribution in [-0.4, -0.2) is 107 Å². The lowest BCUT2D eigenvalue weighted by Gasteiger charge is -2.19. The zero-order valence-electron chi connectivity index (χ0n) is 39.7. The van der Waals surface area contributed by atoms with E-state index in [4.69, 9.17) is 33.5 Å². The van der Waals surface area contributed by atoms with Crippen LogP contribution in [0.25, 0.3) is 0 Å². The smallest absolute Gasteiger partial charge is 0.329 e. The zero-order valence-corrected chi connectivity index (χ0v) is 40.5. The number of carbonyl (C=O) groups excluding carboxylic acids is 3. The fourth-order valence-electron chi connectivity index (χ4n) is 6.62. The molecule has 1 amide bonds. The van der Waals surface area contributed by atoms with Crippen LogP contribution in [0.1, 0.15) is 132 Å². The number of esters is 1. The largest absolute Gasteiger partial charge is 0.489 e. The lowest BCUT2D eigenvalue weighted by molar-refractivity contribution is -0.155. The molecular weight excluding hydrogens is 883 g/mol. The number of hydrogen-bond donors (Lipinski definition) is 3. The van der Waals surface area contributed by atoms with Crippen molar-refractivity contribution in [1.82, 2.24) is 10.3 Å². The minimum Gasteiger partial charge on any atom is -0.489 e. The number of ketones is 1. The molecule has 0 saturated carbocycles. The average molecular weight is 956 g/mol. The van der Waals surface area contributed by atoms with E-state index in [1.165, 1.54) is 87.4 Å². The number of nitrogens with one attached hydrogen (secondary N) is 2. The van der Waals surface area contributed by atoms with Crippen LogP contribution in [0.15, 0.2) is 71.8 Å². The summed E-state index contributed by atoms with van der Waals surface area (Å²) in [6.45, 7) is 7.22. The number of ether oxygens (including phenoxy) is 6. The molecule has 0 aliphatic rings. The maximum absolute atomic E-state index is 13.1. The Morgan fingerprint density at radius 2 is 1.21 bits per heavy atom. The number of aliphatic carboxylic acids is 1. The second-order valence-electron chi connectivity index (χ2n) is 17.2. The number of aryl methyl sites for hydroxylation is 1. The van der Waals surface area contributed by atoms with E-state index < -0.39 is 27.5 Å². The van der Waals surface area contributed by atoms with Gasteiger partial charge in [-0.1, -0.05) is 82.1 Å². The van der Waals surface area contributed by atoms with E-state index in [1.54, 1.807) is 12.1 Å². The Balaban J connectivity index is 1.20. The summed E-state index contributed by atoms with van der Waals surface area (Å²) in [5, 5.41) is 11.2. The number of rotatable bonds is 38. The molecule has 0 aliphatic heterocycles. The van der Waals surface area contributed by atoms with Crippen molar-refractivity contribution in [2.75, 3.05) is 64.1 Å². The van der Waals surface area contributed by atoms with E-state index in [1.807, 2.05) is 32.9 Å². The van der Waals surface area contributed by atoms with Crippen molar-refractivity contribution in [3.63, 3.8) is 0 Å². The predicted octanol–water partition coefficient (Wildman–Crippen LogP) is 8.26. The lowest BCUT2D eigenvalue weighted by Crippen LogP contribution is -2.28. The third kappa shape index (κ3) is 27.5. The SMILES string of the molecule is CC(C)(C)OC(=O)CCCCCCCCCCCCCc1ccc(OCc2ccc(S(=O)(=O)Nc3ccc(C(=O)NCCOCCOCC(=O)CCCOCCOCC(=O)O)cn3)cc2)cc1. The van der Waals surface area contributed by atoms with Crippen molar-refractivity contribution >= 4 is 39.5 Å². The Morgan fingerprint density at radius 1 is 0.627 bits per heavy atom. The average Bonchev–Trinajstić information content (AvgIpc) is 3.28. The molecule has 0 aliphatic carbocycles. The first-order chi connectivity index (χ1) is 32.2. The predicted molar refractivity (Wildman–Crippen MR) is 255 cm³/mol. The van der Waals surface area contributed by atoms with Crippen LogP contribution in [0.3, 0.4) is 0 Å². The highest BCUT2D eigenvalue weighted by Gasteiger charge is 2.17. The van der Waals surface area contributed by atoms with Crippen LogP contribution in [-0.2, 0) is 61.1 Å². The number of amides is 1. The summed E-state index contributed by atoms with van der Waals surface area (Å²) < 4.78 is 60.8. The summed E-state index contributed by atoms with van der Waals surface area (Å²) in [4.78, 5) is 50.7. The van der Waals surface area contributed by atoms with Gasteiger partial charge in [0.05, 0.1) is 43.5 Å². The second-order valence-corrected chi connectivity index (χ2v) is 18.9. The van der Waals surface area contributed by atoms with Crippen LogP contribution in [0.5, 0.6) is 5.75 Å². The number of sulfonamides is 1. The number of carboxylic acid groups (broad SMARTS) is 1. The second kappa shape index (κ2) is 32.7. The van der Waals surface area contributed by atoms with Crippen LogP contribution in [0, 0.1) is 0 Å². The summed E-state index contributed by atoms with van der Waals surface area (Å²) in [5.74, 6) is -0.809. The Labute approximate surface area is 397 Å². The maximum atomic E-state index is 13.1. The molecule has 372 valence electrons. The van der Waals surface area contributed by atoms with Crippen molar-refractivity contribution in [3.8, 4) is 5.75 Å². The molecule has 16 nitrogen and oxygen atoms in total. The van der Waals surface area contributed by atoms with Gasteiger partial charge >= 0.3 is 11.9 Å². The van der Waals surface area contributed by atoms with Gasteiger partial charge in [-0.25, -0.2) is 18.2 Å². The first-order valence-electron chi connectivity index (χ1n) is 23.5. The molecule has 2 aromatic carbocycles. The van der Waals surface area contributed by atoms with E-state index in [2.05, 4.69) is 27.2 Å². The van der Waals surface area contributed by atoms with Gasteiger partial charge in [-0.15, -0.1) is 0 Å². The molecule has 0 unspecified atom stereocenters. The van der Waals surface area contributed by atoms with Gasteiger partial charge in [-0.3, -0.25) is 19.1 Å². The van der Waals surface area contributed by atoms with Gasteiger partial charge in [0, 0.05) is 32.2 Å². The molecule has 0 spiro atoms. The van der Waals surface area contributed by atoms with E-state index in [-0.39, 0.29) is 87.4 Å². The maximum Gasteiger partial charge on any atom is 0.329 e. The summed E-state index contributed by atoms with van der Waals surface area (Å²) in [5.41, 5.74) is 1.93. The quantitative estimate of drug-likeness (QED) is 0.0364. The standard InChI is InChI=1S/C50H73N3O13S/c1-50(2,3)66-48(57)18-14-12-10-8-6-4-5-7-9-11-13-16-40-19-24-44(25-20-40)65-37-41-21-26-45(27-22-41)67(59,60)53-46-28-23-42(36-52-46)49(58)51-29-31-62-33-34-63-38-43(54)17-15-30-61-32-35-64-39-47(55)56/h19-28,36H,4-18,29-35,37-39H2,1-3H3,(H,51,58)(H,52,53)(H,55,56). The highest BCUT2D eigenvalue weighted by molar-refractivity contribution is 7.92. The molecule has 3 aromatic rings. The number of pyridine rings is 1. The summed E-state index contributed by atoms with van der Waals surface area (Å²) in [7, 11) is -3.94. The Kier molecular flexibility index (Phi) is 27.5. The number of aromatic nitrogens is 1. The number of carboxylic acids is 1. The number of carbonyl (C=O) groups is 4. The first kappa shape index (κ1) is 56.4. The normalized spacial score (nSPS) is 11.6. The number of Topliss-reactive ketones (excluding diaryl/α,β-unsaturated/α-hetero) is 1. The van der Waals surface area contributed by atoms with Gasteiger partial charge in [-0.2, -0.15) is 0 Å². The third-order valence-corrected chi connectivity index (χ3v) is 11.5. The minimum atomic E-state index is -3.94. The molecule has 3 rings (SSSR count). The Hall–Kier alpha value is -4.94. The Bertz CT molecular complexity index is 1970. The highest BCUT2D eigenvalue weighted by Crippen LogP contribution is 2.20. The molecule has 0 radical (unpaired) electrons. The number of anilines is 1. The fraction of sp³-hybridized carbons (Fsp3) is 0.580. The molecule has 1 heterocycles. The minimum absolute atomic E-state index is 0.0487. The van der Waals surface area contributed by atoms with E-state index in [9.17, 15) is 27.6 Å². The van der Waals surface area contributed by atoms with Gasteiger partial charge in [0.2, 0.25) is 0 Å². The molecular formula is C50H73N3O13S. The summed E-state index contributed by atoms with van der Waals surface area (Å²) in [6.07, 6.45) is 16.8. The Morgan fingerprint density at radius 3 is 1.82 bits per heavy atom. The van der Waals surface area contributed by atoms with Crippen LogP contribution >= 0.6 is 0 Å². The van der Waals surface area contributed by atoms with E-state index in [0.29, 0.717) is 25.9 Å². The van der Waals surface area contributed by atoms with Crippen LogP contribution in [0.4, 0.5) is 5.82 Å². The van der Waals surface area contributed by atoms with Crippen molar-refractivity contribution < 1.29 is 61.1 Å². The zero-order chi connectivity index (χ0) is 48.6. The van der Waals surface area contributed by atoms with Crippen molar-refractivity contribution in [1.29, 1.82) is 0 Å². The van der Waals surface area contributed by atoms with Crippen LogP contribution in [0.2, 0.25) is 0 Å². The topological polar surface area (TPSA) is 215 Å². The fourth-order valence-corrected chi connectivity index (χ4v) is 7.63. The number of nitrogens with zero attached hydrogens (tertiary/aromatic N) is 1. The number of hydrogen-bond acceptors (Lipinski definition) is 13. The summed E-state index contributed by atoms with van der Waals surface area (Å²) >= 11 is 0. The summed E-state index contributed by atoms with van der Waals surface area (Å²) in [6, 6.07) is 17.4. The molecule has 1 aromatic heterocycles. The van der Waals surface area contributed by atoms with Gasteiger partial charge in [0.15, 0.2) is 5.78 Å². The molecule has 3 N–H and O–H groups in total. The number of unbranched alkanes of at least 4 members (excludes halogenated alkanes) is 10. The van der Waals surface area contributed by atoms with Gasteiger partial charge in [-0.05, 0) is 94.0 Å². The third-order valence-electron chi connectivity index (χ3n) is 10.1. The number of benzene rings is 2. The molecule has 0 fully saturated rings. The molecule has 67 heavy (non-hydrogen) atoms. The van der Waals surface area contributed by atoms with Gasteiger partial charge < -0.3 is 38.8 Å². The van der Waals surface area contributed by atoms with Crippen LogP contribution < -0.4 is 14.8 Å². The van der Waals surface area contributed by atoms with E-state index >= 15 is 0 Å². The van der Waals surface area contributed by atoms with Crippen molar-refractivity contribution in [2.45, 2.75) is 134 Å². The monoisotopic (exact) mass is 955 g/mol. The van der Waals surface area contributed by atoms with Crippen molar-refractivity contribution in [3.05, 3.63) is 83.6 Å². The van der Waals surface area contributed by atoms with E-state index in [0.717, 1.165) is 37.0 Å².